The van der Waals surface area contributed by atoms with Crippen LogP contribution < -0.4 is 5.32 Å². The Morgan fingerprint density at radius 2 is 2.00 bits per heavy atom. The second-order valence-corrected chi connectivity index (χ2v) is 9.57. The number of carbonyl (C=O) groups is 1. The van der Waals surface area contributed by atoms with Crippen molar-refractivity contribution in [2.75, 3.05) is 23.4 Å². The molecule has 2 aromatic rings. The molecule has 152 valence electrons. The Labute approximate surface area is 166 Å². The molecule has 0 bridgehead atoms. The molecular weight excluding hydrogens is 376 g/mol. The third kappa shape index (κ3) is 4.06. The van der Waals surface area contributed by atoms with E-state index in [1.807, 2.05) is 62.7 Å². The van der Waals surface area contributed by atoms with Crippen molar-refractivity contribution in [2.45, 2.75) is 46.2 Å². The summed E-state index contributed by atoms with van der Waals surface area (Å²) in [5.41, 5.74) is 3.53. The Morgan fingerprint density at radius 3 is 2.57 bits per heavy atom. The van der Waals surface area contributed by atoms with Gasteiger partial charge in [-0.2, -0.15) is 5.10 Å². The first-order valence-corrected chi connectivity index (χ1v) is 11.4. The fraction of sp³-hybridized carbons (Fsp3) is 0.500. The molecule has 7 nitrogen and oxygen atoms in total. The number of sulfone groups is 1. The molecule has 28 heavy (non-hydrogen) atoms. The summed E-state index contributed by atoms with van der Waals surface area (Å²) in [6, 6.07) is 9.13. The van der Waals surface area contributed by atoms with Gasteiger partial charge < -0.3 is 10.2 Å². The number of carbonyl (C=O) groups excluding carboxylic acids is 1. The van der Waals surface area contributed by atoms with Gasteiger partial charge in [-0.05, 0) is 46.2 Å². The van der Waals surface area contributed by atoms with Crippen LogP contribution in [-0.4, -0.2) is 59.1 Å². The number of nitrogens with zero attached hydrogens (tertiary/aromatic N) is 3. The highest BCUT2D eigenvalue weighted by Crippen LogP contribution is 2.25. The van der Waals surface area contributed by atoms with Gasteiger partial charge in [-0.25, -0.2) is 13.1 Å². The molecule has 1 saturated heterocycles. The molecule has 2 atom stereocenters. The third-order valence-corrected chi connectivity index (χ3v) is 7.05. The van der Waals surface area contributed by atoms with E-state index in [0.29, 0.717) is 13.0 Å². The van der Waals surface area contributed by atoms with E-state index in [9.17, 15) is 13.2 Å². The minimum atomic E-state index is -3.04. The maximum atomic E-state index is 13.0. The van der Waals surface area contributed by atoms with Crippen LogP contribution in [0.25, 0.3) is 5.69 Å². The number of nitrogens with one attached hydrogen (secondary N) is 1. The number of rotatable bonds is 6. The number of hydrogen-bond donors (Lipinski definition) is 1. The lowest BCUT2D eigenvalue weighted by molar-refractivity contribution is -0.133. The standard InChI is InChI=1S/C20H28N4O3S/c1-5-23(18-11-12-28(26,27)13-18)20(25)15(3)21-19-14(2)22-24(16(19)4)17-9-7-6-8-10-17/h6-10,15,18,21H,5,11-13H2,1-4H3/t15-,18-/m1/s1. The van der Waals surface area contributed by atoms with Crippen LogP contribution in [0.1, 0.15) is 31.7 Å². The van der Waals surface area contributed by atoms with Crippen molar-refractivity contribution in [3.63, 3.8) is 0 Å². The Kier molecular flexibility index (Phi) is 5.79. The minimum Gasteiger partial charge on any atom is -0.371 e. The van der Waals surface area contributed by atoms with Gasteiger partial charge in [0, 0.05) is 12.6 Å². The van der Waals surface area contributed by atoms with Crippen LogP contribution in [0.15, 0.2) is 30.3 Å². The Balaban J connectivity index is 1.78. The molecule has 1 aliphatic heterocycles. The first-order valence-electron chi connectivity index (χ1n) is 9.62. The van der Waals surface area contributed by atoms with Crippen molar-refractivity contribution in [3.8, 4) is 5.69 Å². The summed E-state index contributed by atoms with van der Waals surface area (Å²) in [4.78, 5) is 14.7. The van der Waals surface area contributed by atoms with Crippen molar-refractivity contribution in [1.82, 2.24) is 14.7 Å². The molecule has 3 rings (SSSR count). The summed E-state index contributed by atoms with van der Waals surface area (Å²) in [6.07, 6.45) is 0.513. The van der Waals surface area contributed by atoms with Gasteiger partial charge in [0.2, 0.25) is 5.91 Å². The average Bonchev–Trinajstić information content (AvgIpc) is 3.16. The molecular formula is C20H28N4O3S. The van der Waals surface area contributed by atoms with E-state index < -0.39 is 15.9 Å². The lowest BCUT2D eigenvalue weighted by Gasteiger charge is -2.30. The maximum Gasteiger partial charge on any atom is 0.245 e. The predicted molar refractivity (Wildman–Crippen MR) is 111 cm³/mol. The van der Waals surface area contributed by atoms with Crippen LogP contribution in [0.3, 0.4) is 0 Å². The van der Waals surface area contributed by atoms with Crippen molar-refractivity contribution in [2.24, 2.45) is 0 Å². The fourth-order valence-electron chi connectivity index (χ4n) is 3.81. The number of hydrogen-bond acceptors (Lipinski definition) is 5. The Morgan fingerprint density at radius 1 is 1.32 bits per heavy atom. The van der Waals surface area contributed by atoms with E-state index in [1.165, 1.54) is 0 Å². The van der Waals surface area contributed by atoms with Gasteiger partial charge in [-0.15, -0.1) is 0 Å². The monoisotopic (exact) mass is 404 g/mol. The fourth-order valence-corrected chi connectivity index (χ4v) is 5.55. The van der Waals surface area contributed by atoms with E-state index in [4.69, 9.17) is 0 Å². The summed E-state index contributed by atoms with van der Waals surface area (Å²) in [5, 5.41) is 7.91. The third-order valence-electron chi connectivity index (χ3n) is 5.30. The molecule has 1 aliphatic rings. The van der Waals surface area contributed by atoms with Gasteiger partial charge in [0.1, 0.15) is 6.04 Å². The summed E-state index contributed by atoms with van der Waals surface area (Å²) in [7, 11) is -3.04. The van der Waals surface area contributed by atoms with Crippen LogP contribution >= 0.6 is 0 Å². The van der Waals surface area contributed by atoms with Crippen LogP contribution in [0.5, 0.6) is 0 Å². The summed E-state index contributed by atoms with van der Waals surface area (Å²) in [6.45, 7) is 8.07. The Hall–Kier alpha value is -2.35. The average molecular weight is 405 g/mol. The van der Waals surface area contributed by atoms with Crippen LogP contribution in [-0.2, 0) is 14.6 Å². The maximum absolute atomic E-state index is 13.0. The van der Waals surface area contributed by atoms with Gasteiger partial charge >= 0.3 is 0 Å². The quantitative estimate of drug-likeness (QED) is 0.799. The lowest BCUT2D eigenvalue weighted by atomic mass is 10.1. The molecule has 0 unspecified atom stereocenters. The van der Waals surface area contributed by atoms with E-state index in [2.05, 4.69) is 10.4 Å². The predicted octanol–water partition coefficient (Wildman–Crippen LogP) is 2.33. The largest absolute Gasteiger partial charge is 0.371 e. The van der Waals surface area contributed by atoms with Gasteiger partial charge in [-0.3, -0.25) is 4.79 Å². The second-order valence-electron chi connectivity index (χ2n) is 7.34. The lowest BCUT2D eigenvalue weighted by Crippen LogP contribution is -2.47. The number of aryl methyl sites for hydroxylation is 1. The zero-order valence-electron chi connectivity index (χ0n) is 16.8. The number of anilines is 1. The molecule has 1 aromatic carbocycles. The van der Waals surface area contributed by atoms with Crippen LogP contribution in [0.2, 0.25) is 0 Å². The van der Waals surface area contributed by atoms with Gasteiger partial charge in [0.25, 0.3) is 0 Å². The van der Waals surface area contributed by atoms with Crippen LogP contribution in [0, 0.1) is 13.8 Å². The molecule has 0 spiro atoms. The number of benzene rings is 1. The number of amides is 1. The van der Waals surface area contributed by atoms with Crippen molar-refractivity contribution in [1.29, 1.82) is 0 Å². The molecule has 0 saturated carbocycles. The van der Waals surface area contributed by atoms with Crippen molar-refractivity contribution < 1.29 is 13.2 Å². The number of aromatic nitrogens is 2. The highest BCUT2D eigenvalue weighted by Gasteiger charge is 2.35. The smallest absolute Gasteiger partial charge is 0.245 e. The molecule has 1 amide bonds. The molecule has 1 fully saturated rings. The van der Waals surface area contributed by atoms with Crippen molar-refractivity contribution >= 4 is 21.4 Å². The zero-order chi connectivity index (χ0) is 20.5. The zero-order valence-corrected chi connectivity index (χ0v) is 17.7. The summed E-state index contributed by atoms with van der Waals surface area (Å²) in [5.74, 6) is 0.130. The highest BCUT2D eigenvalue weighted by atomic mass is 32.2. The van der Waals surface area contributed by atoms with Gasteiger partial charge in [0.05, 0.1) is 34.3 Å². The van der Waals surface area contributed by atoms with E-state index in [0.717, 1.165) is 22.8 Å². The molecule has 0 radical (unpaired) electrons. The highest BCUT2D eigenvalue weighted by molar-refractivity contribution is 7.91. The Bertz CT molecular complexity index is 953. The van der Waals surface area contributed by atoms with Gasteiger partial charge in [-0.1, -0.05) is 18.2 Å². The second kappa shape index (κ2) is 7.95. The molecule has 8 heteroatoms. The molecule has 2 heterocycles. The summed E-state index contributed by atoms with van der Waals surface area (Å²) >= 11 is 0. The number of likely N-dealkylation sites (N-methyl/N-ethyl adjacent to an activating group) is 1. The van der Waals surface area contributed by atoms with E-state index >= 15 is 0 Å². The van der Waals surface area contributed by atoms with Gasteiger partial charge in [0.15, 0.2) is 9.84 Å². The molecule has 1 aromatic heterocycles. The van der Waals surface area contributed by atoms with Crippen molar-refractivity contribution in [3.05, 3.63) is 41.7 Å². The van der Waals surface area contributed by atoms with E-state index in [1.54, 1.807) is 4.90 Å². The number of para-hydroxylation sites is 1. The first-order chi connectivity index (χ1) is 13.2. The SMILES string of the molecule is CCN(C(=O)[C@@H](C)Nc1c(C)nn(-c2ccccc2)c1C)[C@@H]1CCS(=O)(=O)C1. The summed E-state index contributed by atoms with van der Waals surface area (Å²) < 4.78 is 25.5. The molecule has 0 aliphatic carbocycles. The van der Waals surface area contributed by atoms with E-state index in [-0.39, 0.29) is 23.5 Å². The molecule has 1 N–H and O–H groups in total. The van der Waals surface area contributed by atoms with Crippen LogP contribution in [0.4, 0.5) is 5.69 Å². The topological polar surface area (TPSA) is 84.3 Å². The minimum absolute atomic E-state index is 0.0588. The normalized spacial score (nSPS) is 19.4. The first kappa shape index (κ1) is 20.4.